The number of carbonyl (C=O) groups is 3. The number of nitrogens with one attached hydrogen (secondary N) is 2. The number of aromatic hydroxyl groups is 1. The Morgan fingerprint density at radius 3 is 2.56 bits per heavy atom. The van der Waals surface area contributed by atoms with E-state index in [0.29, 0.717) is 29.2 Å². The molecule has 2 aliphatic heterocycles. The number of nitrogens with zero attached hydrogens (tertiary/aromatic N) is 7. The monoisotopic (exact) mass is 848 g/mol. The van der Waals surface area contributed by atoms with Gasteiger partial charge in [0.05, 0.1) is 34.1 Å². The lowest BCUT2D eigenvalue weighted by atomic mass is 9.85. The lowest BCUT2D eigenvalue weighted by Gasteiger charge is -2.35. The molecule has 16 heteroatoms. The topological polar surface area (TPSA) is 205 Å². The second-order valence-electron chi connectivity index (χ2n) is 17.4. The van der Waals surface area contributed by atoms with Gasteiger partial charge in [0.2, 0.25) is 17.7 Å². The summed E-state index contributed by atoms with van der Waals surface area (Å²) in [5.74, 6) is -0.177. The number of benzene rings is 2. The van der Waals surface area contributed by atoms with Gasteiger partial charge in [-0.1, -0.05) is 57.2 Å². The quantitative estimate of drug-likeness (QED) is 0.100. The Kier molecular flexibility index (Phi) is 13.4. The number of aliphatic hydroxyl groups is 1. The third-order valence-corrected chi connectivity index (χ3v) is 12.6. The first kappa shape index (κ1) is 43.4. The van der Waals surface area contributed by atoms with Crippen LogP contribution in [0.3, 0.4) is 0 Å². The molecule has 2 aromatic carbocycles. The number of hydrogen-bond acceptors (Lipinski definition) is 12. The first-order chi connectivity index (χ1) is 29.2. The molecule has 0 aliphatic carbocycles. The average molecular weight is 849 g/mol. The van der Waals surface area contributed by atoms with Crippen LogP contribution in [0.4, 0.5) is 5.82 Å². The number of aliphatic hydroxyl groups excluding tert-OH is 1. The van der Waals surface area contributed by atoms with Gasteiger partial charge in [0.25, 0.3) is 0 Å². The highest BCUT2D eigenvalue weighted by Crippen LogP contribution is 2.33. The van der Waals surface area contributed by atoms with Crippen molar-refractivity contribution in [3.05, 3.63) is 83.8 Å². The SMILES string of the molecule is Cc1ncsc1-c1ccc(CNC(=O)[C@@H]2C[C@@H](O)CN2C(=O)[C@@H](NC(=O)CCCN2CCC[C@@H](Cn3cc(-c4cc(-c5ccccc5O)nnc4N)cn3)C2)C(C)(C)C)cc1. The molecule has 7 rings (SSSR count). The summed E-state index contributed by atoms with van der Waals surface area (Å²) < 4.78 is 1.93. The number of amides is 3. The van der Waals surface area contributed by atoms with E-state index in [1.165, 1.54) is 4.90 Å². The maximum absolute atomic E-state index is 14.1. The van der Waals surface area contributed by atoms with Crippen LogP contribution in [0.15, 0.2) is 72.5 Å². The number of hydrogen-bond donors (Lipinski definition) is 5. The van der Waals surface area contributed by atoms with E-state index < -0.39 is 23.6 Å². The molecule has 4 atom stereocenters. The zero-order valence-corrected chi connectivity index (χ0v) is 36.1. The van der Waals surface area contributed by atoms with E-state index in [4.69, 9.17) is 5.73 Å². The van der Waals surface area contributed by atoms with Crippen molar-refractivity contribution in [2.24, 2.45) is 11.3 Å². The number of thiazole rings is 1. The van der Waals surface area contributed by atoms with Crippen LogP contribution in [-0.2, 0) is 27.5 Å². The molecule has 2 fully saturated rings. The van der Waals surface area contributed by atoms with Gasteiger partial charge in [-0.15, -0.1) is 21.5 Å². The Labute approximate surface area is 360 Å². The number of para-hydroxylation sites is 1. The van der Waals surface area contributed by atoms with Gasteiger partial charge in [-0.25, -0.2) is 4.98 Å². The lowest BCUT2D eigenvalue weighted by molar-refractivity contribution is -0.144. The van der Waals surface area contributed by atoms with E-state index in [0.717, 1.165) is 66.3 Å². The molecule has 0 spiro atoms. The molecule has 5 heterocycles. The molecule has 322 valence electrons. The van der Waals surface area contributed by atoms with Crippen LogP contribution in [0.1, 0.15) is 64.1 Å². The van der Waals surface area contributed by atoms with Crippen LogP contribution in [0.2, 0.25) is 0 Å². The standard InChI is InChI=1S/C45H56N10O5S/c1-28-40(61-27-48-28)31-15-13-29(14-16-31)21-47-43(59)37-19-33(56)26-55(37)44(60)41(45(2,3)4)50-39(58)12-8-18-53-17-7-9-30(23-53)24-54-25-32(22-49-54)35-20-36(51-52-42(35)46)34-10-5-6-11-38(34)57/h5-6,10-11,13-16,20,22,25,27,30,33,37,41,56-57H,7-9,12,17-19,21,23-24,26H2,1-4H3,(H2,46,52)(H,47,59)(H,50,58)/t30-,33-,37+,41-/m1/s1. The predicted molar refractivity (Wildman–Crippen MR) is 235 cm³/mol. The number of carbonyl (C=O) groups excluding carboxylic acids is 3. The predicted octanol–water partition coefficient (Wildman–Crippen LogP) is 5.03. The summed E-state index contributed by atoms with van der Waals surface area (Å²) in [6.45, 7) is 11.2. The Bertz CT molecular complexity index is 2320. The molecule has 6 N–H and O–H groups in total. The maximum atomic E-state index is 14.1. The molecule has 0 unspecified atom stereocenters. The molecule has 15 nitrogen and oxygen atoms in total. The van der Waals surface area contributed by atoms with E-state index in [9.17, 15) is 24.6 Å². The van der Waals surface area contributed by atoms with Gasteiger partial charge in [-0.05, 0) is 79.9 Å². The number of nitrogen functional groups attached to an aromatic ring is 1. The Balaban J connectivity index is 0.889. The summed E-state index contributed by atoms with van der Waals surface area (Å²) in [5, 5.41) is 39.9. The van der Waals surface area contributed by atoms with Crippen molar-refractivity contribution in [3.63, 3.8) is 0 Å². The number of piperidine rings is 1. The van der Waals surface area contributed by atoms with E-state index in [1.807, 2.05) is 80.5 Å². The minimum Gasteiger partial charge on any atom is -0.507 e. The van der Waals surface area contributed by atoms with Crippen LogP contribution in [-0.4, -0.2) is 107 Å². The Hall–Kier alpha value is -5.71. The molecule has 3 amide bonds. The van der Waals surface area contributed by atoms with Crippen molar-refractivity contribution in [2.45, 2.75) is 91.1 Å². The van der Waals surface area contributed by atoms with Crippen molar-refractivity contribution >= 4 is 34.9 Å². The second kappa shape index (κ2) is 18.9. The number of phenols is 1. The largest absolute Gasteiger partial charge is 0.507 e. The van der Waals surface area contributed by atoms with Gasteiger partial charge >= 0.3 is 0 Å². The third-order valence-electron chi connectivity index (χ3n) is 11.6. The Morgan fingerprint density at radius 2 is 1.82 bits per heavy atom. The fraction of sp³-hybridized carbons (Fsp3) is 0.444. The fourth-order valence-electron chi connectivity index (χ4n) is 8.30. The summed E-state index contributed by atoms with van der Waals surface area (Å²) in [5.41, 5.74) is 12.9. The second-order valence-corrected chi connectivity index (χ2v) is 18.2. The molecule has 3 aromatic heterocycles. The minimum absolute atomic E-state index is 0.0216. The van der Waals surface area contributed by atoms with Crippen LogP contribution in [0.5, 0.6) is 5.75 Å². The number of nitrogens with two attached hydrogens (primary N) is 1. The van der Waals surface area contributed by atoms with Gasteiger partial charge < -0.3 is 36.4 Å². The van der Waals surface area contributed by atoms with Crippen LogP contribution < -0.4 is 16.4 Å². The highest BCUT2D eigenvalue weighted by molar-refractivity contribution is 7.13. The summed E-state index contributed by atoms with van der Waals surface area (Å²) >= 11 is 1.58. The minimum atomic E-state index is -0.878. The molecule has 5 aromatic rings. The first-order valence-corrected chi connectivity index (χ1v) is 21.8. The first-order valence-electron chi connectivity index (χ1n) is 20.9. The third kappa shape index (κ3) is 10.6. The molecule has 2 saturated heterocycles. The summed E-state index contributed by atoms with van der Waals surface area (Å²) in [6.07, 6.45) is 5.98. The van der Waals surface area contributed by atoms with Crippen LogP contribution >= 0.6 is 11.3 Å². The zero-order valence-electron chi connectivity index (χ0n) is 35.3. The van der Waals surface area contributed by atoms with Crippen molar-refractivity contribution in [1.29, 1.82) is 0 Å². The van der Waals surface area contributed by atoms with Crippen molar-refractivity contribution < 1.29 is 24.6 Å². The van der Waals surface area contributed by atoms with Crippen LogP contribution in [0.25, 0.3) is 32.8 Å². The highest BCUT2D eigenvalue weighted by atomic mass is 32.1. The molecular weight excluding hydrogens is 793 g/mol. The van der Waals surface area contributed by atoms with Gasteiger partial charge in [0.15, 0.2) is 5.82 Å². The van der Waals surface area contributed by atoms with E-state index in [2.05, 4.69) is 35.8 Å². The number of aryl methyl sites for hydroxylation is 1. The number of rotatable bonds is 14. The van der Waals surface area contributed by atoms with Gasteiger partial charge in [-0.3, -0.25) is 19.1 Å². The van der Waals surface area contributed by atoms with Crippen LogP contribution in [0, 0.1) is 18.3 Å². The van der Waals surface area contributed by atoms with Gasteiger partial charge in [-0.2, -0.15) is 5.10 Å². The van der Waals surface area contributed by atoms with Crippen molar-refractivity contribution in [2.75, 3.05) is 31.9 Å². The van der Waals surface area contributed by atoms with E-state index in [-0.39, 0.29) is 55.2 Å². The molecule has 2 aliphatic rings. The summed E-state index contributed by atoms with van der Waals surface area (Å²) in [7, 11) is 0. The average Bonchev–Trinajstić information content (AvgIpc) is 3.99. The van der Waals surface area contributed by atoms with E-state index >= 15 is 0 Å². The molecule has 0 bridgehead atoms. The number of anilines is 1. The van der Waals surface area contributed by atoms with E-state index in [1.54, 1.807) is 35.7 Å². The van der Waals surface area contributed by atoms with Gasteiger partial charge in [0.1, 0.15) is 17.8 Å². The number of phenolic OH excluding ortho intramolecular Hbond substituents is 1. The molecule has 0 saturated carbocycles. The lowest BCUT2D eigenvalue weighted by Crippen LogP contribution is -2.57. The number of likely N-dealkylation sites (tertiary alicyclic amines) is 2. The normalized spacial score (nSPS) is 18.8. The van der Waals surface area contributed by atoms with Crippen molar-refractivity contribution in [1.82, 2.24) is 45.4 Å². The summed E-state index contributed by atoms with van der Waals surface area (Å²) in [6, 6.07) is 15.0. The highest BCUT2D eigenvalue weighted by Gasteiger charge is 2.44. The fourth-order valence-corrected chi connectivity index (χ4v) is 9.11. The number of aromatic nitrogens is 5. The smallest absolute Gasteiger partial charge is 0.246 e. The van der Waals surface area contributed by atoms with Gasteiger partial charge in [0, 0.05) is 61.9 Å². The molecular formula is C45H56N10O5S. The Morgan fingerprint density at radius 1 is 1.03 bits per heavy atom. The van der Waals surface area contributed by atoms with Crippen molar-refractivity contribution in [3.8, 4) is 38.6 Å². The maximum Gasteiger partial charge on any atom is 0.246 e. The number of β-amino-alcohol motifs (C(OH)–C–C–N with tert-alkyl or cyclic N) is 1. The molecule has 61 heavy (non-hydrogen) atoms. The zero-order chi connectivity index (χ0) is 43.3. The molecule has 0 radical (unpaired) electrons. The summed E-state index contributed by atoms with van der Waals surface area (Å²) in [4.78, 5) is 50.3.